The number of hydrogen-bond donors (Lipinski definition) is 0. The van der Waals surface area contributed by atoms with Crippen LogP contribution in [0.2, 0.25) is 0 Å². The average molecular weight is 494 g/mol. The number of ether oxygens (including phenoxy) is 1. The van der Waals surface area contributed by atoms with Crippen molar-refractivity contribution in [2.24, 2.45) is 0 Å². The van der Waals surface area contributed by atoms with Crippen molar-refractivity contribution >= 4 is 18.0 Å². The summed E-state index contributed by atoms with van der Waals surface area (Å²) in [4.78, 5) is 30.7. The van der Waals surface area contributed by atoms with Crippen molar-refractivity contribution in [3.63, 3.8) is 0 Å². The van der Waals surface area contributed by atoms with Crippen LogP contribution in [0.4, 0.5) is 0 Å². The minimum absolute atomic E-state index is 0.176. The van der Waals surface area contributed by atoms with E-state index in [2.05, 4.69) is 19.1 Å². The first-order chi connectivity index (χ1) is 17.6. The first-order valence-corrected chi connectivity index (χ1v) is 13.5. The number of carbonyl (C=O) groups is 2. The summed E-state index contributed by atoms with van der Waals surface area (Å²) in [6.07, 6.45) is 14.9. The Bertz CT molecular complexity index is 893. The van der Waals surface area contributed by atoms with Gasteiger partial charge in [0.25, 0.3) is 5.91 Å². The van der Waals surface area contributed by atoms with Gasteiger partial charge < -0.3 is 4.74 Å². The van der Waals surface area contributed by atoms with Gasteiger partial charge in [0.15, 0.2) is 0 Å². The summed E-state index contributed by atoms with van der Waals surface area (Å²) in [6.45, 7) is 5.14. The molecule has 1 amide bonds. The molecule has 0 aliphatic heterocycles. The van der Waals surface area contributed by atoms with Crippen molar-refractivity contribution in [2.75, 3.05) is 13.2 Å². The lowest BCUT2D eigenvalue weighted by molar-refractivity contribution is -0.144. The van der Waals surface area contributed by atoms with Crippen LogP contribution in [-0.4, -0.2) is 30.1 Å². The molecule has 36 heavy (non-hydrogen) atoms. The van der Waals surface area contributed by atoms with Gasteiger partial charge in [0, 0.05) is 18.5 Å². The molecule has 0 aliphatic rings. The first-order valence-electron chi connectivity index (χ1n) is 13.5. The molecule has 2 aromatic carbocycles. The molecule has 0 unspecified atom stereocenters. The Morgan fingerprint density at radius 1 is 0.833 bits per heavy atom. The van der Waals surface area contributed by atoms with E-state index in [0.717, 1.165) is 17.5 Å². The SMILES string of the molecule is CCCCCCCC/C=C\c1ccc(C(=O)N(CCCCC(=O)OCC)OCc2ccccc2)cc1. The van der Waals surface area contributed by atoms with Crippen LogP contribution in [0.25, 0.3) is 6.08 Å². The van der Waals surface area contributed by atoms with Crippen molar-refractivity contribution < 1.29 is 19.2 Å². The Balaban J connectivity index is 1.88. The van der Waals surface area contributed by atoms with Crippen LogP contribution in [-0.2, 0) is 21.0 Å². The number of hydroxylamine groups is 2. The lowest BCUT2D eigenvalue weighted by atomic mass is 10.1. The molecule has 0 bridgehead atoms. The van der Waals surface area contributed by atoms with Gasteiger partial charge in [0.2, 0.25) is 0 Å². The number of unbranched alkanes of at least 4 members (excludes halogenated alkanes) is 7. The van der Waals surface area contributed by atoms with Gasteiger partial charge in [-0.25, -0.2) is 5.06 Å². The number of benzene rings is 2. The summed E-state index contributed by atoms with van der Waals surface area (Å²) in [7, 11) is 0. The maximum Gasteiger partial charge on any atom is 0.305 e. The van der Waals surface area contributed by atoms with Crippen LogP contribution in [0.3, 0.4) is 0 Å². The highest BCUT2D eigenvalue weighted by Crippen LogP contribution is 2.14. The second kappa shape index (κ2) is 18.4. The number of rotatable bonds is 18. The molecule has 0 atom stereocenters. The monoisotopic (exact) mass is 493 g/mol. The first kappa shape index (κ1) is 29.3. The van der Waals surface area contributed by atoms with Gasteiger partial charge >= 0.3 is 5.97 Å². The molecule has 0 saturated carbocycles. The second-order valence-electron chi connectivity index (χ2n) is 9.01. The predicted octanol–water partition coefficient (Wildman–Crippen LogP) is 7.76. The standard InChI is InChI=1S/C31H43NO4/c1-3-5-6-7-8-9-10-12-17-27-21-23-29(24-22-27)31(34)32(25-16-15-20-30(33)35-4-2)36-26-28-18-13-11-14-19-28/h11-14,17-19,21-24H,3-10,15-16,20,25-26H2,1-2H3/b17-12-. The van der Waals surface area contributed by atoms with Gasteiger partial charge in [0.1, 0.15) is 6.61 Å². The fourth-order valence-electron chi connectivity index (χ4n) is 3.85. The van der Waals surface area contributed by atoms with Gasteiger partial charge in [-0.05, 0) is 55.9 Å². The number of esters is 1. The molecule has 0 heterocycles. The number of amides is 1. The van der Waals surface area contributed by atoms with E-state index in [-0.39, 0.29) is 11.9 Å². The lowest BCUT2D eigenvalue weighted by Gasteiger charge is -2.22. The highest BCUT2D eigenvalue weighted by molar-refractivity contribution is 5.93. The van der Waals surface area contributed by atoms with Gasteiger partial charge in [-0.1, -0.05) is 93.6 Å². The van der Waals surface area contributed by atoms with E-state index in [0.29, 0.717) is 44.6 Å². The predicted molar refractivity (Wildman–Crippen MR) is 146 cm³/mol. The van der Waals surface area contributed by atoms with Crippen molar-refractivity contribution in [2.45, 2.75) is 84.7 Å². The molecular weight excluding hydrogens is 450 g/mol. The van der Waals surface area contributed by atoms with E-state index < -0.39 is 0 Å². The minimum atomic E-state index is -0.208. The number of allylic oxidation sites excluding steroid dienone is 1. The summed E-state index contributed by atoms with van der Waals surface area (Å²) in [5, 5.41) is 1.42. The van der Waals surface area contributed by atoms with Crippen LogP contribution in [0.5, 0.6) is 0 Å². The van der Waals surface area contributed by atoms with Gasteiger partial charge in [0.05, 0.1) is 6.61 Å². The van der Waals surface area contributed by atoms with Crippen LogP contribution < -0.4 is 0 Å². The Kier molecular flexibility index (Phi) is 15.0. The molecule has 5 nitrogen and oxygen atoms in total. The topological polar surface area (TPSA) is 55.8 Å². The van der Waals surface area contributed by atoms with Crippen LogP contribution >= 0.6 is 0 Å². The molecule has 0 N–H and O–H groups in total. The third-order valence-corrected chi connectivity index (χ3v) is 5.95. The van der Waals surface area contributed by atoms with E-state index >= 15 is 0 Å². The normalized spacial score (nSPS) is 11.1. The van der Waals surface area contributed by atoms with Gasteiger partial charge in [-0.2, -0.15) is 0 Å². The van der Waals surface area contributed by atoms with Crippen molar-refractivity contribution in [1.29, 1.82) is 0 Å². The summed E-state index contributed by atoms with van der Waals surface area (Å²) in [5.74, 6) is -0.384. The molecule has 0 fully saturated rings. The average Bonchev–Trinajstić information content (AvgIpc) is 2.90. The fourth-order valence-corrected chi connectivity index (χ4v) is 3.85. The molecule has 2 aromatic rings. The highest BCUT2D eigenvalue weighted by atomic mass is 16.7. The Labute approximate surface area is 217 Å². The van der Waals surface area contributed by atoms with E-state index in [1.165, 1.54) is 43.6 Å². The maximum atomic E-state index is 13.2. The second-order valence-corrected chi connectivity index (χ2v) is 9.01. The molecular formula is C31H43NO4. The third-order valence-electron chi connectivity index (χ3n) is 5.95. The smallest absolute Gasteiger partial charge is 0.305 e. The van der Waals surface area contributed by atoms with Crippen molar-refractivity contribution in [1.82, 2.24) is 5.06 Å². The van der Waals surface area contributed by atoms with E-state index in [1.807, 2.05) is 54.6 Å². The zero-order valence-electron chi connectivity index (χ0n) is 22.1. The lowest BCUT2D eigenvalue weighted by Crippen LogP contribution is -2.32. The Hall–Kier alpha value is -2.92. The number of carbonyl (C=O) groups excluding carboxylic acids is 2. The summed E-state index contributed by atoms with van der Waals surface area (Å²) in [6, 6.07) is 17.4. The highest BCUT2D eigenvalue weighted by Gasteiger charge is 2.17. The van der Waals surface area contributed by atoms with Crippen molar-refractivity contribution in [3.8, 4) is 0 Å². The summed E-state index contributed by atoms with van der Waals surface area (Å²) in [5.41, 5.74) is 2.66. The van der Waals surface area contributed by atoms with Gasteiger partial charge in [-0.15, -0.1) is 0 Å². The Morgan fingerprint density at radius 2 is 1.56 bits per heavy atom. The molecule has 0 radical (unpaired) electrons. The van der Waals surface area contributed by atoms with Crippen molar-refractivity contribution in [3.05, 3.63) is 77.4 Å². The molecule has 196 valence electrons. The molecule has 0 saturated heterocycles. The molecule has 0 spiro atoms. The van der Waals surface area contributed by atoms with E-state index in [9.17, 15) is 9.59 Å². The zero-order valence-corrected chi connectivity index (χ0v) is 22.1. The maximum absolute atomic E-state index is 13.2. The number of hydrogen-bond acceptors (Lipinski definition) is 4. The van der Waals surface area contributed by atoms with Crippen LogP contribution in [0, 0.1) is 0 Å². The van der Waals surface area contributed by atoms with E-state index in [1.54, 1.807) is 6.92 Å². The van der Waals surface area contributed by atoms with E-state index in [4.69, 9.17) is 9.57 Å². The van der Waals surface area contributed by atoms with Crippen LogP contribution in [0.1, 0.15) is 99.5 Å². The molecule has 0 aromatic heterocycles. The zero-order chi connectivity index (χ0) is 25.8. The molecule has 5 heteroatoms. The number of nitrogens with zero attached hydrogens (tertiary/aromatic N) is 1. The fraction of sp³-hybridized carbons (Fsp3) is 0.484. The largest absolute Gasteiger partial charge is 0.466 e. The third kappa shape index (κ3) is 12.2. The summed E-state index contributed by atoms with van der Waals surface area (Å²) >= 11 is 0. The molecule has 0 aliphatic carbocycles. The summed E-state index contributed by atoms with van der Waals surface area (Å²) < 4.78 is 4.99. The molecule has 2 rings (SSSR count). The van der Waals surface area contributed by atoms with Gasteiger partial charge in [-0.3, -0.25) is 14.4 Å². The van der Waals surface area contributed by atoms with Crippen LogP contribution in [0.15, 0.2) is 60.7 Å². The minimum Gasteiger partial charge on any atom is -0.466 e. The Morgan fingerprint density at radius 3 is 2.28 bits per heavy atom. The quantitative estimate of drug-likeness (QED) is 0.121.